The molecule has 1 fully saturated rings. The Morgan fingerprint density at radius 1 is 1.32 bits per heavy atom. The summed E-state index contributed by atoms with van der Waals surface area (Å²) < 4.78 is 1.71. The zero-order valence-electron chi connectivity index (χ0n) is 12.1. The number of amides is 1. The first-order valence-corrected chi connectivity index (χ1v) is 8.12. The van der Waals surface area contributed by atoms with Crippen LogP contribution in [0.2, 0.25) is 0 Å². The molecule has 1 atom stereocenters. The summed E-state index contributed by atoms with van der Waals surface area (Å²) in [6.45, 7) is 1.96. The number of fused-ring (bicyclic) bond motifs is 1. The van der Waals surface area contributed by atoms with Gasteiger partial charge in [0.15, 0.2) is 5.82 Å². The van der Waals surface area contributed by atoms with Gasteiger partial charge in [0, 0.05) is 5.92 Å². The molecule has 1 aromatic carbocycles. The van der Waals surface area contributed by atoms with Crippen LogP contribution in [0.4, 0.5) is 0 Å². The molecule has 22 heavy (non-hydrogen) atoms. The summed E-state index contributed by atoms with van der Waals surface area (Å²) in [5, 5.41) is 16.0. The maximum absolute atomic E-state index is 12.4. The molecule has 0 radical (unpaired) electrons. The number of hydrogen-bond donors (Lipinski definition) is 1. The lowest BCUT2D eigenvalue weighted by Gasteiger charge is -2.12. The number of rotatable bonds is 4. The molecule has 0 aliphatic heterocycles. The highest BCUT2D eigenvalue weighted by Gasteiger charge is 2.30. The first-order valence-electron chi connectivity index (χ1n) is 7.30. The van der Waals surface area contributed by atoms with Gasteiger partial charge in [-0.15, -0.1) is 15.3 Å². The van der Waals surface area contributed by atoms with Crippen LogP contribution in [0.15, 0.2) is 30.3 Å². The van der Waals surface area contributed by atoms with E-state index in [0.29, 0.717) is 15.9 Å². The standard InChI is InChI=1S/C15H15N5OS/c1-9(10-5-3-2-4-6-10)16-13(21)14-19-20-12(11-7-8-11)17-18-15(20)22-14/h2-6,9,11H,7-8H2,1H3,(H,16,21). The molecule has 1 N–H and O–H groups in total. The maximum Gasteiger partial charge on any atom is 0.282 e. The fourth-order valence-electron chi connectivity index (χ4n) is 2.40. The number of nitrogens with zero attached hydrogens (tertiary/aromatic N) is 4. The third-order valence-electron chi connectivity index (χ3n) is 3.80. The molecule has 3 aromatic rings. The number of hydrogen-bond acceptors (Lipinski definition) is 5. The Kier molecular flexibility index (Phi) is 3.15. The van der Waals surface area contributed by atoms with E-state index in [1.807, 2.05) is 37.3 Å². The SMILES string of the molecule is CC(NC(=O)c1nn2c(C3CC3)nnc2s1)c1ccccc1. The number of nitrogens with one attached hydrogen (secondary N) is 1. The Balaban J connectivity index is 1.55. The van der Waals surface area contributed by atoms with Crippen molar-refractivity contribution >= 4 is 22.2 Å². The van der Waals surface area contributed by atoms with Crippen molar-refractivity contribution in [1.29, 1.82) is 0 Å². The molecule has 0 bridgehead atoms. The average molecular weight is 313 g/mol. The number of carbonyl (C=O) groups is 1. The van der Waals surface area contributed by atoms with Gasteiger partial charge in [-0.3, -0.25) is 4.79 Å². The third kappa shape index (κ3) is 2.37. The summed E-state index contributed by atoms with van der Waals surface area (Å²) in [7, 11) is 0. The van der Waals surface area contributed by atoms with Crippen LogP contribution >= 0.6 is 11.3 Å². The normalized spacial score (nSPS) is 15.9. The van der Waals surface area contributed by atoms with Crippen LogP contribution in [0.25, 0.3) is 4.96 Å². The second kappa shape index (κ2) is 5.17. The first-order chi connectivity index (χ1) is 10.7. The summed E-state index contributed by atoms with van der Waals surface area (Å²) in [6.07, 6.45) is 2.26. The fourth-order valence-corrected chi connectivity index (χ4v) is 3.15. The summed E-state index contributed by atoms with van der Waals surface area (Å²) in [5.41, 5.74) is 1.07. The van der Waals surface area contributed by atoms with Gasteiger partial charge in [-0.05, 0) is 25.3 Å². The van der Waals surface area contributed by atoms with E-state index >= 15 is 0 Å². The third-order valence-corrected chi connectivity index (χ3v) is 4.70. The first kappa shape index (κ1) is 13.4. The average Bonchev–Trinajstić information content (AvgIpc) is 3.16. The van der Waals surface area contributed by atoms with Gasteiger partial charge >= 0.3 is 0 Å². The van der Waals surface area contributed by atoms with Gasteiger partial charge in [0.25, 0.3) is 5.91 Å². The molecule has 0 saturated heterocycles. The van der Waals surface area contributed by atoms with E-state index in [9.17, 15) is 4.79 Å². The Morgan fingerprint density at radius 3 is 2.82 bits per heavy atom. The summed E-state index contributed by atoms with van der Waals surface area (Å²) >= 11 is 1.27. The summed E-state index contributed by atoms with van der Waals surface area (Å²) in [6, 6.07) is 9.81. The lowest BCUT2D eigenvalue weighted by atomic mass is 10.1. The Labute approximate surface area is 131 Å². The number of aromatic nitrogens is 4. The van der Waals surface area contributed by atoms with Crippen molar-refractivity contribution in [2.75, 3.05) is 0 Å². The maximum atomic E-state index is 12.4. The number of benzene rings is 1. The molecule has 112 valence electrons. The lowest BCUT2D eigenvalue weighted by molar-refractivity contribution is 0.0938. The molecule has 1 amide bonds. The van der Waals surface area contributed by atoms with Gasteiger partial charge in [0.2, 0.25) is 9.97 Å². The van der Waals surface area contributed by atoms with E-state index in [1.54, 1.807) is 4.52 Å². The van der Waals surface area contributed by atoms with Crippen molar-refractivity contribution in [3.8, 4) is 0 Å². The van der Waals surface area contributed by atoms with Crippen LogP contribution in [-0.2, 0) is 0 Å². The van der Waals surface area contributed by atoms with Gasteiger partial charge in [-0.1, -0.05) is 41.7 Å². The topological polar surface area (TPSA) is 72.2 Å². The smallest absolute Gasteiger partial charge is 0.282 e. The van der Waals surface area contributed by atoms with Crippen LogP contribution in [0.1, 0.15) is 52.9 Å². The Morgan fingerprint density at radius 2 is 2.09 bits per heavy atom. The molecule has 2 heterocycles. The van der Waals surface area contributed by atoms with E-state index in [2.05, 4.69) is 20.6 Å². The lowest BCUT2D eigenvalue weighted by Crippen LogP contribution is -2.26. The molecule has 4 rings (SSSR count). The van der Waals surface area contributed by atoms with E-state index in [4.69, 9.17) is 0 Å². The zero-order valence-corrected chi connectivity index (χ0v) is 12.9. The molecule has 1 saturated carbocycles. The second-order valence-electron chi connectivity index (χ2n) is 5.54. The van der Waals surface area contributed by atoms with Crippen molar-refractivity contribution in [3.63, 3.8) is 0 Å². The molecular formula is C15H15N5OS. The fraction of sp³-hybridized carbons (Fsp3) is 0.333. The highest BCUT2D eigenvalue weighted by Crippen LogP contribution is 2.39. The minimum atomic E-state index is -0.173. The molecule has 6 nitrogen and oxygen atoms in total. The molecule has 1 aliphatic rings. The van der Waals surface area contributed by atoms with Crippen molar-refractivity contribution < 1.29 is 4.79 Å². The van der Waals surface area contributed by atoms with Crippen LogP contribution in [0.3, 0.4) is 0 Å². The van der Waals surface area contributed by atoms with E-state index < -0.39 is 0 Å². The van der Waals surface area contributed by atoms with Gasteiger partial charge < -0.3 is 5.32 Å². The van der Waals surface area contributed by atoms with Crippen LogP contribution in [0, 0.1) is 0 Å². The Bertz CT molecular complexity index is 821. The monoisotopic (exact) mass is 313 g/mol. The van der Waals surface area contributed by atoms with Gasteiger partial charge in [0.05, 0.1) is 6.04 Å². The van der Waals surface area contributed by atoms with E-state index in [0.717, 1.165) is 24.2 Å². The molecule has 2 aromatic heterocycles. The highest BCUT2D eigenvalue weighted by atomic mass is 32.1. The van der Waals surface area contributed by atoms with Crippen molar-refractivity contribution in [1.82, 2.24) is 25.1 Å². The van der Waals surface area contributed by atoms with Crippen molar-refractivity contribution in [2.45, 2.75) is 31.7 Å². The molecule has 1 unspecified atom stereocenters. The van der Waals surface area contributed by atoms with Gasteiger partial charge in [-0.25, -0.2) is 0 Å². The van der Waals surface area contributed by atoms with E-state index in [-0.39, 0.29) is 11.9 Å². The predicted molar refractivity (Wildman–Crippen MR) is 83.0 cm³/mol. The van der Waals surface area contributed by atoms with Gasteiger partial charge in [-0.2, -0.15) is 4.52 Å². The van der Waals surface area contributed by atoms with E-state index in [1.165, 1.54) is 11.3 Å². The minimum absolute atomic E-state index is 0.0639. The number of carbonyl (C=O) groups excluding carboxylic acids is 1. The Hall–Kier alpha value is -2.28. The largest absolute Gasteiger partial charge is 0.343 e. The molecule has 1 aliphatic carbocycles. The minimum Gasteiger partial charge on any atom is -0.343 e. The summed E-state index contributed by atoms with van der Waals surface area (Å²) in [4.78, 5) is 13.0. The zero-order chi connectivity index (χ0) is 15.1. The second-order valence-corrected chi connectivity index (χ2v) is 6.50. The van der Waals surface area contributed by atoms with Crippen LogP contribution in [-0.4, -0.2) is 25.7 Å². The molecule has 7 heteroatoms. The molecular weight excluding hydrogens is 298 g/mol. The van der Waals surface area contributed by atoms with Crippen LogP contribution < -0.4 is 5.32 Å². The van der Waals surface area contributed by atoms with Crippen molar-refractivity contribution in [2.24, 2.45) is 0 Å². The quantitative estimate of drug-likeness (QED) is 0.803. The van der Waals surface area contributed by atoms with Gasteiger partial charge in [0.1, 0.15) is 0 Å². The predicted octanol–water partition coefficient (Wildman–Crippen LogP) is 2.55. The van der Waals surface area contributed by atoms with Crippen molar-refractivity contribution in [3.05, 3.63) is 46.7 Å². The van der Waals surface area contributed by atoms with Crippen LogP contribution in [0.5, 0.6) is 0 Å². The summed E-state index contributed by atoms with van der Waals surface area (Å²) in [5.74, 6) is 1.16. The highest BCUT2D eigenvalue weighted by molar-refractivity contribution is 7.18. The molecule has 0 spiro atoms.